The normalized spacial score (nSPS) is 21.6. The standard InChI is InChI=1S/C39H72O10/c1-3-5-7-9-11-13-15-16-18-20-22-24-26-28-35(42)48-32(31-47-39-38(45)37(44)36(43)33(29-40)49-39)30-46-34(41)27-25-23-21-19-17-14-12-10-8-6-4-2/h13,15,32-33,36-40,43-45H,3-12,14,16-31H2,1-2H3/b15-13-. The molecule has 0 amide bonds. The predicted octanol–water partition coefficient (Wildman–Crippen LogP) is 7.22. The largest absolute Gasteiger partial charge is 0.462 e. The van der Waals surface area contributed by atoms with Crippen molar-refractivity contribution in [2.24, 2.45) is 0 Å². The van der Waals surface area contributed by atoms with E-state index in [1.807, 2.05) is 0 Å². The van der Waals surface area contributed by atoms with E-state index in [1.54, 1.807) is 0 Å². The van der Waals surface area contributed by atoms with Crippen LogP contribution in [0.5, 0.6) is 0 Å². The van der Waals surface area contributed by atoms with E-state index in [-0.39, 0.29) is 32.0 Å². The van der Waals surface area contributed by atoms with Gasteiger partial charge in [-0.1, -0.05) is 129 Å². The molecule has 0 saturated carbocycles. The number of esters is 2. The van der Waals surface area contributed by atoms with E-state index >= 15 is 0 Å². The third kappa shape index (κ3) is 23.5. The third-order valence-electron chi connectivity index (χ3n) is 9.15. The maximum atomic E-state index is 12.7. The summed E-state index contributed by atoms with van der Waals surface area (Å²) in [5.41, 5.74) is 0. The fourth-order valence-electron chi connectivity index (χ4n) is 5.95. The van der Waals surface area contributed by atoms with Gasteiger partial charge in [0.1, 0.15) is 31.0 Å². The third-order valence-corrected chi connectivity index (χ3v) is 9.15. The molecule has 0 aliphatic carbocycles. The minimum absolute atomic E-state index is 0.216. The van der Waals surface area contributed by atoms with Gasteiger partial charge in [0.05, 0.1) is 13.2 Å². The van der Waals surface area contributed by atoms with Gasteiger partial charge in [-0.2, -0.15) is 0 Å². The molecular weight excluding hydrogens is 628 g/mol. The first-order valence-electron chi connectivity index (χ1n) is 19.8. The lowest BCUT2D eigenvalue weighted by atomic mass is 9.99. The highest BCUT2D eigenvalue weighted by Gasteiger charge is 2.44. The minimum Gasteiger partial charge on any atom is -0.462 e. The van der Waals surface area contributed by atoms with Crippen LogP contribution in [-0.4, -0.2) is 89.0 Å². The molecule has 0 aromatic rings. The molecule has 0 aromatic heterocycles. The second-order valence-corrected chi connectivity index (χ2v) is 13.7. The van der Waals surface area contributed by atoms with Crippen LogP contribution in [0.4, 0.5) is 0 Å². The van der Waals surface area contributed by atoms with Crippen LogP contribution in [0.15, 0.2) is 12.2 Å². The number of aliphatic hydroxyl groups excluding tert-OH is 4. The molecular formula is C39H72O10. The maximum absolute atomic E-state index is 12.7. The van der Waals surface area contributed by atoms with Crippen molar-refractivity contribution < 1.29 is 49.0 Å². The molecule has 1 heterocycles. The van der Waals surface area contributed by atoms with Gasteiger partial charge in [-0.3, -0.25) is 9.59 Å². The molecule has 288 valence electrons. The van der Waals surface area contributed by atoms with E-state index in [1.165, 1.54) is 77.0 Å². The molecule has 4 N–H and O–H groups in total. The number of carbonyl (C=O) groups excluding carboxylic acids is 2. The first kappa shape index (κ1) is 45.5. The molecule has 1 fully saturated rings. The van der Waals surface area contributed by atoms with Crippen LogP contribution in [0.25, 0.3) is 0 Å². The van der Waals surface area contributed by atoms with Gasteiger partial charge in [-0.05, 0) is 38.5 Å². The second kappa shape index (κ2) is 31.2. The first-order valence-corrected chi connectivity index (χ1v) is 19.8. The number of rotatable bonds is 32. The van der Waals surface area contributed by atoms with Crippen molar-refractivity contribution in [1.29, 1.82) is 0 Å². The molecule has 10 heteroatoms. The molecule has 0 radical (unpaired) electrons. The molecule has 10 nitrogen and oxygen atoms in total. The monoisotopic (exact) mass is 701 g/mol. The zero-order valence-corrected chi connectivity index (χ0v) is 30.9. The Morgan fingerprint density at radius 3 is 1.61 bits per heavy atom. The average Bonchev–Trinajstić information content (AvgIpc) is 3.10. The van der Waals surface area contributed by atoms with Crippen molar-refractivity contribution in [3.63, 3.8) is 0 Å². The van der Waals surface area contributed by atoms with Gasteiger partial charge in [0.2, 0.25) is 0 Å². The highest BCUT2D eigenvalue weighted by Crippen LogP contribution is 2.22. The summed E-state index contributed by atoms with van der Waals surface area (Å²) in [5, 5.41) is 39.9. The van der Waals surface area contributed by atoms with Crippen LogP contribution in [0.1, 0.15) is 168 Å². The van der Waals surface area contributed by atoms with E-state index in [0.29, 0.717) is 6.42 Å². The molecule has 0 aromatic carbocycles. The van der Waals surface area contributed by atoms with E-state index in [4.69, 9.17) is 18.9 Å². The van der Waals surface area contributed by atoms with E-state index in [0.717, 1.165) is 57.8 Å². The van der Waals surface area contributed by atoms with Gasteiger partial charge in [-0.25, -0.2) is 0 Å². The number of unbranched alkanes of at least 4 members (excludes halogenated alkanes) is 19. The molecule has 0 bridgehead atoms. The Bertz CT molecular complexity index is 820. The molecule has 0 spiro atoms. The number of carbonyl (C=O) groups is 2. The number of allylic oxidation sites excluding steroid dienone is 2. The summed E-state index contributed by atoms with van der Waals surface area (Å²) in [6.45, 7) is 3.38. The molecule has 49 heavy (non-hydrogen) atoms. The van der Waals surface area contributed by atoms with Crippen LogP contribution in [0, 0.1) is 0 Å². The van der Waals surface area contributed by atoms with Crippen LogP contribution in [0.3, 0.4) is 0 Å². The van der Waals surface area contributed by atoms with Gasteiger partial charge in [0.25, 0.3) is 0 Å². The average molecular weight is 701 g/mol. The van der Waals surface area contributed by atoms with Crippen LogP contribution < -0.4 is 0 Å². The van der Waals surface area contributed by atoms with Crippen molar-refractivity contribution in [2.45, 2.75) is 205 Å². The summed E-state index contributed by atoms with van der Waals surface area (Å²) in [4.78, 5) is 25.1. The van der Waals surface area contributed by atoms with Crippen molar-refractivity contribution >= 4 is 11.9 Å². The van der Waals surface area contributed by atoms with Gasteiger partial charge in [-0.15, -0.1) is 0 Å². The summed E-state index contributed by atoms with van der Waals surface area (Å²) >= 11 is 0. The van der Waals surface area contributed by atoms with Gasteiger partial charge >= 0.3 is 11.9 Å². The van der Waals surface area contributed by atoms with Crippen molar-refractivity contribution in [3.05, 3.63) is 12.2 Å². The topological polar surface area (TPSA) is 152 Å². The Kier molecular flexibility index (Phi) is 28.9. The fraction of sp³-hybridized carbons (Fsp3) is 0.897. The molecule has 1 aliphatic rings. The second-order valence-electron chi connectivity index (χ2n) is 13.7. The summed E-state index contributed by atoms with van der Waals surface area (Å²) in [5.74, 6) is -0.814. The molecule has 6 unspecified atom stereocenters. The quantitative estimate of drug-likeness (QED) is 0.0322. The summed E-state index contributed by atoms with van der Waals surface area (Å²) in [6.07, 6.45) is 22.2. The lowest BCUT2D eigenvalue weighted by Gasteiger charge is -2.39. The highest BCUT2D eigenvalue weighted by molar-refractivity contribution is 5.70. The predicted molar refractivity (Wildman–Crippen MR) is 192 cm³/mol. The van der Waals surface area contributed by atoms with Gasteiger partial charge in [0.15, 0.2) is 12.4 Å². The summed E-state index contributed by atoms with van der Waals surface area (Å²) in [6, 6.07) is 0. The Hall–Kier alpha value is -1.56. The minimum atomic E-state index is -1.59. The number of aliphatic hydroxyl groups is 4. The lowest BCUT2D eigenvalue weighted by Crippen LogP contribution is -2.59. The Morgan fingerprint density at radius 1 is 0.612 bits per heavy atom. The van der Waals surface area contributed by atoms with E-state index < -0.39 is 49.4 Å². The SMILES string of the molecule is CCCCCC/C=C\CCCCCCCC(=O)OC(COC(=O)CCCCCCCCCCCCC)COC1OC(CO)C(O)C(O)C1O. The van der Waals surface area contributed by atoms with Crippen molar-refractivity contribution in [2.75, 3.05) is 19.8 Å². The van der Waals surface area contributed by atoms with Crippen LogP contribution in [-0.2, 0) is 28.5 Å². The number of ether oxygens (including phenoxy) is 4. The first-order chi connectivity index (χ1) is 23.8. The summed E-state index contributed by atoms with van der Waals surface area (Å²) < 4.78 is 22.0. The Labute approximate surface area is 297 Å². The van der Waals surface area contributed by atoms with E-state index in [2.05, 4.69) is 26.0 Å². The summed E-state index contributed by atoms with van der Waals surface area (Å²) in [7, 11) is 0. The van der Waals surface area contributed by atoms with Gasteiger partial charge in [0, 0.05) is 12.8 Å². The Balaban J connectivity index is 2.40. The molecule has 1 saturated heterocycles. The highest BCUT2D eigenvalue weighted by atomic mass is 16.7. The molecule has 1 rings (SSSR count). The van der Waals surface area contributed by atoms with Crippen LogP contribution in [0.2, 0.25) is 0 Å². The van der Waals surface area contributed by atoms with Crippen molar-refractivity contribution in [3.8, 4) is 0 Å². The molecule has 1 aliphatic heterocycles. The van der Waals surface area contributed by atoms with Crippen molar-refractivity contribution in [1.82, 2.24) is 0 Å². The van der Waals surface area contributed by atoms with Gasteiger partial charge < -0.3 is 39.4 Å². The van der Waals surface area contributed by atoms with E-state index in [9.17, 15) is 30.0 Å². The number of hydrogen-bond acceptors (Lipinski definition) is 10. The van der Waals surface area contributed by atoms with Crippen LogP contribution >= 0.6 is 0 Å². The maximum Gasteiger partial charge on any atom is 0.306 e. The lowest BCUT2D eigenvalue weighted by molar-refractivity contribution is -0.305. The zero-order valence-electron chi connectivity index (χ0n) is 30.9. The fourth-order valence-corrected chi connectivity index (χ4v) is 5.95. The molecule has 6 atom stereocenters. The Morgan fingerprint density at radius 2 is 1.08 bits per heavy atom. The smallest absolute Gasteiger partial charge is 0.306 e. The number of hydrogen-bond donors (Lipinski definition) is 4. The zero-order chi connectivity index (χ0) is 36.0.